The van der Waals surface area contributed by atoms with Gasteiger partial charge in [0.25, 0.3) is 5.91 Å². The molecule has 0 atom stereocenters. The number of hydrogen-bond donors (Lipinski definition) is 0. The van der Waals surface area contributed by atoms with E-state index in [1.165, 1.54) is 13.2 Å². The number of halogens is 1. The molecule has 0 saturated carbocycles. The Labute approximate surface area is 95.1 Å². The first-order chi connectivity index (χ1) is 6.65. The molecule has 0 radical (unpaired) electrons. The topological polar surface area (TPSA) is 29.5 Å². The molecule has 0 aliphatic carbocycles. The fraction of sp³-hybridized carbons (Fsp3) is 0.222. The van der Waals surface area contributed by atoms with Crippen molar-refractivity contribution in [3.05, 3.63) is 26.9 Å². The van der Waals surface area contributed by atoms with Gasteiger partial charge >= 0.3 is 0 Å². The van der Waals surface area contributed by atoms with E-state index in [-0.39, 0.29) is 5.91 Å². The number of carbonyl (C=O) groups excluding carboxylic acids is 1. The van der Waals surface area contributed by atoms with E-state index in [2.05, 4.69) is 15.9 Å². The van der Waals surface area contributed by atoms with Crippen molar-refractivity contribution in [3.63, 3.8) is 0 Å². The molecule has 3 nitrogen and oxygen atoms in total. The van der Waals surface area contributed by atoms with Crippen molar-refractivity contribution in [3.8, 4) is 0 Å². The van der Waals surface area contributed by atoms with Crippen LogP contribution in [0, 0.1) is 0 Å². The molecule has 0 bridgehead atoms. The largest absolute Gasteiger partial charge is 0.274 e. The summed E-state index contributed by atoms with van der Waals surface area (Å²) in [4.78, 5) is 17.0. The average molecular weight is 276 g/mol. The van der Waals surface area contributed by atoms with Gasteiger partial charge in [-0.1, -0.05) is 0 Å². The standard InChI is InChI=1S/C9H10BrNO2S/c1-11(13-2)9(12)4-3-8-7(10)5-6-14-8/h3-6H,1-2H3/b4-3+. The Balaban J connectivity index is 2.65. The zero-order chi connectivity index (χ0) is 10.6. The van der Waals surface area contributed by atoms with Crippen LogP contribution in [0.4, 0.5) is 0 Å². The van der Waals surface area contributed by atoms with Crippen molar-refractivity contribution in [1.82, 2.24) is 5.06 Å². The van der Waals surface area contributed by atoms with Gasteiger partial charge in [-0.05, 0) is 33.5 Å². The number of carbonyl (C=O) groups is 1. The van der Waals surface area contributed by atoms with Gasteiger partial charge in [0, 0.05) is 22.5 Å². The minimum absolute atomic E-state index is 0.187. The van der Waals surface area contributed by atoms with E-state index < -0.39 is 0 Å². The van der Waals surface area contributed by atoms with Crippen LogP contribution in [0.2, 0.25) is 0 Å². The SMILES string of the molecule is CON(C)C(=O)/C=C/c1sccc1Br. The van der Waals surface area contributed by atoms with Gasteiger partial charge in [-0.2, -0.15) is 0 Å². The Hall–Kier alpha value is -0.650. The van der Waals surface area contributed by atoms with Gasteiger partial charge in [0.15, 0.2) is 0 Å². The smallest absolute Gasteiger partial charge is 0.269 e. The number of nitrogens with zero attached hydrogens (tertiary/aromatic N) is 1. The van der Waals surface area contributed by atoms with Crippen molar-refractivity contribution in [2.24, 2.45) is 0 Å². The number of hydroxylamine groups is 2. The summed E-state index contributed by atoms with van der Waals surface area (Å²) in [6.07, 6.45) is 3.23. The Morgan fingerprint density at radius 2 is 2.43 bits per heavy atom. The van der Waals surface area contributed by atoms with Crippen molar-refractivity contribution in [2.75, 3.05) is 14.2 Å². The highest BCUT2D eigenvalue weighted by Crippen LogP contribution is 2.23. The first-order valence-corrected chi connectivity index (χ1v) is 5.55. The Morgan fingerprint density at radius 3 is 2.93 bits per heavy atom. The molecule has 1 aromatic rings. The van der Waals surface area contributed by atoms with E-state index in [1.807, 2.05) is 11.4 Å². The van der Waals surface area contributed by atoms with Gasteiger partial charge in [0.1, 0.15) is 0 Å². The number of rotatable bonds is 3. The van der Waals surface area contributed by atoms with E-state index in [0.717, 1.165) is 14.4 Å². The lowest BCUT2D eigenvalue weighted by Crippen LogP contribution is -2.22. The summed E-state index contributed by atoms with van der Waals surface area (Å²) >= 11 is 4.94. The Kier molecular flexibility index (Phi) is 4.31. The van der Waals surface area contributed by atoms with Crippen LogP contribution in [0.1, 0.15) is 4.88 Å². The minimum Gasteiger partial charge on any atom is -0.274 e. The maximum absolute atomic E-state index is 11.3. The molecule has 0 spiro atoms. The van der Waals surface area contributed by atoms with Crippen LogP contribution >= 0.6 is 27.3 Å². The van der Waals surface area contributed by atoms with Crippen LogP contribution in [0.25, 0.3) is 6.08 Å². The molecule has 0 aliphatic heterocycles. The van der Waals surface area contributed by atoms with Crippen LogP contribution in [-0.2, 0) is 9.63 Å². The van der Waals surface area contributed by atoms with Gasteiger partial charge in [0.05, 0.1) is 7.11 Å². The van der Waals surface area contributed by atoms with Gasteiger partial charge in [-0.25, -0.2) is 5.06 Å². The summed E-state index contributed by atoms with van der Waals surface area (Å²) in [5.41, 5.74) is 0. The van der Waals surface area contributed by atoms with E-state index in [4.69, 9.17) is 4.84 Å². The molecule has 0 aromatic carbocycles. The molecule has 1 amide bonds. The number of amides is 1. The summed E-state index contributed by atoms with van der Waals surface area (Å²) in [6.45, 7) is 0. The molecule has 14 heavy (non-hydrogen) atoms. The predicted molar refractivity (Wildman–Crippen MR) is 60.8 cm³/mol. The second-order valence-electron chi connectivity index (χ2n) is 2.48. The fourth-order valence-electron chi connectivity index (χ4n) is 0.766. The summed E-state index contributed by atoms with van der Waals surface area (Å²) < 4.78 is 0.992. The maximum atomic E-state index is 11.3. The molecular formula is C9H10BrNO2S. The van der Waals surface area contributed by atoms with Gasteiger partial charge in [0.2, 0.25) is 0 Å². The molecule has 76 valence electrons. The molecule has 0 fully saturated rings. The van der Waals surface area contributed by atoms with Crippen molar-refractivity contribution in [2.45, 2.75) is 0 Å². The van der Waals surface area contributed by atoms with Crippen LogP contribution in [-0.4, -0.2) is 25.1 Å². The number of thiophene rings is 1. The highest BCUT2D eigenvalue weighted by molar-refractivity contribution is 9.10. The molecule has 1 rings (SSSR count). The van der Waals surface area contributed by atoms with E-state index in [9.17, 15) is 4.79 Å². The van der Waals surface area contributed by atoms with Crippen LogP contribution in [0.3, 0.4) is 0 Å². The predicted octanol–water partition coefficient (Wildman–Crippen LogP) is 2.54. The van der Waals surface area contributed by atoms with Crippen molar-refractivity contribution >= 4 is 39.2 Å². The van der Waals surface area contributed by atoms with Crippen LogP contribution in [0.5, 0.6) is 0 Å². The maximum Gasteiger partial charge on any atom is 0.269 e. The molecule has 0 saturated heterocycles. The van der Waals surface area contributed by atoms with Crippen molar-refractivity contribution < 1.29 is 9.63 Å². The third kappa shape index (κ3) is 2.94. The summed E-state index contributed by atoms with van der Waals surface area (Å²) in [5, 5.41) is 3.12. The number of hydrogen-bond acceptors (Lipinski definition) is 3. The Morgan fingerprint density at radius 1 is 1.71 bits per heavy atom. The molecular weight excluding hydrogens is 266 g/mol. The first-order valence-electron chi connectivity index (χ1n) is 3.88. The molecule has 1 heterocycles. The van der Waals surface area contributed by atoms with Gasteiger partial charge in [-0.15, -0.1) is 11.3 Å². The lowest BCUT2D eigenvalue weighted by atomic mass is 10.4. The van der Waals surface area contributed by atoms with Gasteiger partial charge in [-0.3, -0.25) is 9.63 Å². The number of likely N-dealkylation sites (N-methyl/N-ethyl adjacent to an activating group) is 1. The first kappa shape index (κ1) is 11.4. The molecule has 1 aromatic heterocycles. The third-order valence-corrected chi connectivity index (χ3v) is 3.44. The highest BCUT2D eigenvalue weighted by atomic mass is 79.9. The normalized spacial score (nSPS) is 10.8. The van der Waals surface area contributed by atoms with Crippen molar-refractivity contribution in [1.29, 1.82) is 0 Å². The zero-order valence-electron chi connectivity index (χ0n) is 7.86. The summed E-state index contributed by atoms with van der Waals surface area (Å²) in [7, 11) is 3.02. The van der Waals surface area contributed by atoms with E-state index in [1.54, 1.807) is 24.5 Å². The lowest BCUT2D eigenvalue weighted by Gasteiger charge is -2.09. The average Bonchev–Trinajstić information content (AvgIpc) is 2.59. The van der Waals surface area contributed by atoms with E-state index >= 15 is 0 Å². The molecule has 0 aliphatic rings. The second kappa shape index (κ2) is 5.29. The Bertz CT molecular complexity index is 348. The van der Waals surface area contributed by atoms with Gasteiger partial charge < -0.3 is 0 Å². The fourth-order valence-corrected chi connectivity index (χ4v) is 2.16. The summed E-state index contributed by atoms with van der Waals surface area (Å²) in [5.74, 6) is -0.187. The molecule has 0 unspecified atom stereocenters. The van der Waals surface area contributed by atoms with Crippen LogP contribution in [0.15, 0.2) is 22.0 Å². The highest BCUT2D eigenvalue weighted by Gasteiger charge is 2.03. The summed E-state index contributed by atoms with van der Waals surface area (Å²) in [6, 6.07) is 1.94. The third-order valence-electron chi connectivity index (χ3n) is 1.61. The quantitative estimate of drug-likeness (QED) is 0.627. The van der Waals surface area contributed by atoms with E-state index in [0.29, 0.717) is 0 Å². The molecule has 5 heteroatoms. The minimum atomic E-state index is -0.187. The lowest BCUT2D eigenvalue weighted by molar-refractivity contribution is -0.162. The van der Waals surface area contributed by atoms with Crippen LogP contribution < -0.4 is 0 Å². The monoisotopic (exact) mass is 275 g/mol. The zero-order valence-corrected chi connectivity index (χ0v) is 10.3. The molecule has 0 N–H and O–H groups in total. The second-order valence-corrected chi connectivity index (χ2v) is 4.29.